The fraction of sp³-hybridized carbons (Fsp3) is 0.688. The van der Waals surface area contributed by atoms with E-state index in [1.807, 2.05) is 0 Å². The van der Waals surface area contributed by atoms with Crippen molar-refractivity contribution in [2.45, 2.75) is 61.2 Å². The minimum Gasteiger partial charge on any atom is -0.425 e. The molecular formula is C16H23N5O10. The summed E-state index contributed by atoms with van der Waals surface area (Å²) in [5.41, 5.74) is -0.350. The summed E-state index contributed by atoms with van der Waals surface area (Å²) in [5.74, 6) is 0. The molecule has 2 saturated heterocycles. The van der Waals surface area contributed by atoms with E-state index >= 15 is 0 Å². The zero-order chi connectivity index (χ0) is 22.6. The Kier molecular flexibility index (Phi) is 5.71. The van der Waals surface area contributed by atoms with Gasteiger partial charge in [0.25, 0.3) is 0 Å². The van der Waals surface area contributed by atoms with Gasteiger partial charge in [0, 0.05) is 0 Å². The van der Waals surface area contributed by atoms with Crippen LogP contribution < -0.4 is 5.49 Å². The summed E-state index contributed by atoms with van der Waals surface area (Å²) >= 11 is 0. The Hall–Kier alpha value is -2.21. The number of hydrogen-bond acceptors (Lipinski definition) is 13. The fourth-order valence-electron chi connectivity index (χ4n) is 3.91. The lowest BCUT2D eigenvalue weighted by molar-refractivity contribution is -0.262. The maximum Gasteiger partial charge on any atom is 0.192 e. The van der Waals surface area contributed by atoms with Crippen LogP contribution in [0, 0.1) is 5.41 Å². The van der Waals surface area contributed by atoms with Crippen molar-refractivity contribution in [3.63, 3.8) is 0 Å². The molecule has 0 amide bonds. The summed E-state index contributed by atoms with van der Waals surface area (Å²) in [6, 6.07) is 0. The quantitative estimate of drug-likeness (QED) is 0.201. The Labute approximate surface area is 173 Å². The second kappa shape index (κ2) is 8.05. The zero-order valence-electron chi connectivity index (χ0n) is 15.8. The second-order valence-corrected chi connectivity index (χ2v) is 7.52. The van der Waals surface area contributed by atoms with Crippen molar-refractivity contribution in [3.05, 3.63) is 18.1 Å². The molecule has 4 heterocycles. The number of aliphatic hydroxyl groups excluding tert-OH is 7. The van der Waals surface area contributed by atoms with Gasteiger partial charge in [-0.15, -0.1) is 0 Å². The molecule has 2 aromatic heterocycles. The molecule has 2 aromatic rings. The molecule has 0 aromatic carbocycles. The average molecular weight is 445 g/mol. The molecule has 0 aliphatic carbocycles. The van der Waals surface area contributed by atoms with Gasteiger partial charge in [-0.1, -0.05) is 0 Å². The largest absolute Gasteiger partial charge is 0.425 e. The first-order valence-electron chi connectivity index (χ1n) is 9.35. The monoisotopic (exact) mass is 445 g/mol. The summed E-state index contributed by atoms with van der Waals surface area (Å²) in [6.45, 7) is -0.708. The molecule has 9 N–H and O–H groups in total. The lowest BCUT2D eigenvalue weighted by Gasteiger charge is -2.43. The van der Waals surface area contributed by atoms with Crippen LogP contribution in [-0.2, 0) is 9.47 Å². The highest BCUT2D eigenvalue weighted by molar-refractivity contribution is 5.68. The van der Waals surface area contributed by atoms with Crippen molar-refractivity contribution in [2.75, 3.05) is 6.61 Å². The van der Waals surface area contributed by atoms with Gasteiger partial charge in [-0.3, -0.25) is 9.98 Å². The number of nitrogens with one attached hydrogen (secondary N) is 1. The predicted molar refractivity (Wildman–Crippen MR) is 94.3 cm³/mol. The Bertz CT molecular complexity index is 997. The molecular weight excluding hydrogens is 422 g/mol. The van der Waals surface area contributed by atoms with Crippen molar-refractivity contribution in [1.29, 1.82) is 5.41 Å². The van der Waals surface area contributed by atoms with Crippen LogP contribution in [0.2, 0.25) is 0 Å². The lowest BCUT2D eigenvalue weighted by Crippen LogP contribution is -2.63. The van der Waals surface area contributed by atoms with Gasteiger partial charge in [-0.05, 0) is 0 Å². The van der Waals surface area contributed by atoms with E-state index in [4.69, 9.17) is 14.9 Å². The zero-order valence-corrected chi connectivity index (χ0v) is 15.8. The van der Waals surface area contributed by atoms with Gasteiger partial charge < -0.3 is 50.4 Å². The highest BCUT2D eigenvalue weighted by Gasteiger charge is 2.54. The van der Waals surface area contributed by atoms with E-state index in [0.29, 0.717) is 4.73 Å². The Morgan fingerprint density at radius 3 is 2.26 bits per heavy atom. The van der Waals surface area contributed by atoms with E-state index in [1.165, 1.54) is 10.9 Å². The number of ether oxygens (including phenoxy) is 2. The molecule has 31 heavy (non-hydrogen) atoms. The van der Waals surface area contributed by atoms with Gasteiger partial charge in [0.2, 0.25) is 0 Å². The van der Waals surface area contributed by atoms with Crippen LogP contribution in [0.4, 0.5) is 0 Å². The summed E-state index contributed by atoms with van der Waals surface area (Å²) in [7, 11) is 0. The Morgan fingerprint density at radius 2 is 1.58 bits per heavy atom. The summed E-state index contributed by atoms with van der Waals surface area (Å²) in [5, 5.41) is 88.3. The van der Waals surface area contributed by atoms with Crippen LogP contribution >= 0.6 is 0 Å². The first kappa shape index (κ1) is 22.0. The van der Waals surface area contributed by atoms with E-state index in [2.05, 4.69) is 9.97 Å². The van der Waals surface area contributed by atoms with Crippen LogP contribution in [0.5, 0.6) is 0 Å². The van der Waals surface area contributed by atoms with Crippen LogP contribution in [0.15, 0.2) is 12.7 Å². The van der Waals surface area contributed by atoms with Crippen LogP contribution in [-0.4, -0.2) is 122 Å². The van der Waals surface area contributed by atoms with E-state index < -0.39 is 67.8 Å². The third-order valence-corrected chi connectivity index (χ3v) is 5.66. The first-order valence-corrected chi connectivity index (χ1v) is 9.35. The molecule has 4 rings (SSSR count). The molecule has 2 fully saturated rings. The van der Waals surface area contributed by atoms with Gasteiger partial charge in [-0.2, -0.15) is 4.73 Å². The second-order valence-electron chi connectivity index (χ2n) is 7.52. The number of rotatable bonds is 4. The highest BCUT2D eigenvalue weighted by atomic mass is 16.6. The highest BCUT2D eigenvalue weighted by Crippen LogP contribution is 2.35. The minimum absolute atomic E-state index is 0.0202. The molecule has 2 aliphatic rings. The third kappa shape index (κ3) is 3.39. The normalized spacial score (nSPS) is 39.8. The van der Waals surface area contributed by atoms with Gasteiger partial charge in [0.15, 0.2) is 22.9 Å². The van der Waals surface area contributed by atoms with Crippen molar-refractivity contribution in [1.82, 2.24) is 19.3 Å². The smallest absolute Gasteiger partial charge is 0.192 e. The molecule has 0 bridgehead atoms. The van der Waals surface area contributed by atoms with Gasteiger partial charge in [0.05, 0.1) is 12.9 Å². The molecule has 0 radical (unpaired) electrons. The van der Waals surface area contributed by atoms with Gasteiger partial charge in [-0.25, -0.2) is 9.97 Å². The van der Waals surface area contributed by atoms with Crippen LogP contribution in [0.3, 0.4) is 0 Å². The SMILES string of the molecule is N=c1c2ncn([C@@H]3O[C@H](C(O)C4O[C@H](CO)[C@@H](O)[C@H](O)[C@H]4O)[C@@H](O)[C@H]3O)c2ncn1O. The van der Waals surface area contributed by atoms with Crippen molar-refractivity contribution in [2.24, 2.45) is 0 Å². The van der Waals surface area contributed by atoms with E-state index in [-0.39, 0.29) is 16.7 Å². The van der Waals surface area contributed by atoms with Crippen LogP contribution in [0.25, 0.3) is 11.2 Å². The molecule has 2 aliphatic heterocycles. The molecule has 0 spiro atoms. The average Bonchev–Trinajstić information content (AvgIpc) is 3.30. The standard InChI is InChI=1S/C16H23N5O10/c17-14-5-15(19-3-21(14)29)20(2-18-5)16-10(27)9(26)13(31-16)11(28)12-8(25)7(24)6(23)4(1-22)30-12/h2-4,6-13,16-17,22-29H,1H2/t4-,6-,7+,8-,9+,10-,11?,12?,13+,16-/m1/s1. The van der Waals surface area contributed by atoms with E-state index in [1.54, 1.807) is 0 Å². The first-order chi connectivity index (χ1) is 14.7. The maximum absolute atomic E-state index is 10.7. The Balaban J connectivity index is 1.60. The molecule has 15 heteroatoms. The van der Waals surface area contributed by atoms with E-state index in [0.717, 1.165) is 6.33 Å². The summed E-state index contributed by atoms with van der Waals surface area (Å²) in [4.78, 5) is 7.86. The summed E-state index contributed by atoms with van der Waals surface area (Å²) in [6.07, 6.45) is -13.8. The van der Waals surface area contributed by atoms with E-state index in [9.17, 15) is 41.0 Å². The summed E-state index contributed by atoms with van der Waals surface area (Å²) < 4.78 is 12.5. The minimum atomic E-state index is -1.78. The lowest BCUT2D eigenvalue weighted by atomic mass is 9.89. The van der Waals surface area contributed by atoms with Crippen molar-refractivity contribution >= 4 is 11.2 Å². The van der Waals surface area contributed by atoms with Crippen LogP contribution in [0.1, 0.15) is 6.23 Å². The molecule has 172 valence electrons. The number of aromatic nitrogens is 4. The molecule has 15 nitrogen and oxygen atoms in total. The number of nitrogens with zero attached hydrogens (tertiary/aromatic N) is 4. The molecule has 2 unspecified atom stereocenters. The Morgan fingerprint density at radius 1 is 0.935 bits per heavy atom. The van der Waals surface area contributed by atoms with Gasteiger partial charge in [0.1, 0.15) is 61.3 Å². The third-order valence-electron chi connectivity index (χ3n) is 5.66. The van der Waals surface area contributed by atoms with Gasteiger partial charge >= 0.3 is 0 Å². The number of imidazole rings is 1. The molecule has 0 saturated carbocycles. The number of hydrogen-bond donors (Lipinski definition) is 9. The van der Waals surface area contributed by atoms with Crippen molar-refractivity contribution in [3.8, 4) is 0 Å². The topological polar surface area (TPSA) is 240 Å². The van der Waals surface area contributed by atoms with Crippen molar-refractivity contribution < 1.29 is 50.4 Å². The fourth-order valence-corrected chi connectivity index (χ4v) is 3.91. The number of aliphatic hydroxyl groups is 7. The molecule has 10 atom stereocenters. The predicted octanol–water partition coefficient (Wildman–Crippen LogP) is -5.23. The maximum atomic E-state index is 10.7. The number of fused-ring (bicyclic) bond motifs is 1.